The quantitative estimate of drug-likeness (QED) is 0.880. The number of piperidine rings is 1. The van der Waals surface area contributed by atoms with Crippen LogP contribution >= 0.6 is 23.2 Å². The topological polar surface area (TPSA) is 49.5 Å². The lowest BCUT2D eigenvalue weighted by molar-refractivity contribution is 0.156. The van der Waals surface area contributed by atoms with Gasteiger partial charge in [0, 0.05) is 29.7 Å². The summed E-state index contributed by atoms with van der Waals surface area (Å²) < 4.78 is 0. The third-order valence-electron chi connectivity index (χ3n) is 3.56. The largest absolute Gasteiger partial charge is 0.506 e. The van der Waals surface area contributed by atoms with E-state index in [9.17, 15) is 5.11 Å². The number of aromatic hydroxyl groups is 1. The first-order valence-electron chi connectivity index (χ1n) is 6.12. The van der Waals surface area contributed by atoms with E-state index >= 15 is 0 Å². The van der Waals surface area contributed by atoms with Crippen LogP contribution in [0.2, 0.25) is 10.0 Å². The first kappa shape index (κ1) is 13.9. The van der Waals surface area contributed by atoms with E-state index in [2.05, 4.69) is 11.8 Å². The number of halogens is 2. The molecule has 1 aliphatic heterocycles. The normalized spacial score (nSPS) is 25.3. The summed E-state index contributed by atoms with van der Waals surface area (Å²) in [6.45, 7) is 4.69. The van der Waals surface area contributed by atoms with Gasteiger partial charge in [0.2, 0.25) is 0 Å². The molecule has 0 amide bonds. The van der Waals surface area contributed by atoms with Gasteiger partial charge < -0.3 is 10.8 Å². The zero-order chi connectivity index (χ0) is 13.3. The van der Waals surface area contributed by atoms with Gasteiger partial charge in [-0.2, -0.15) is 0 Å². The second-order valence-electron chi connectivity index (χ2n) is 5.06. The maximum absolute atomic E-state index is 9.93. The Morgan fingerprint density at radius 1 is 1.44 bits per heavy atom. The Bertz CT molecular complexity index is 439. The van der Waals surface area contributed by atoms with Crippen molar-refractivity contribution >= 4 is 23.2 Å². The molecule has 1 aliphatic rings. The minimum atomic E-state index is 0.128. The van der Waals surface area contributed by atoms with Crippen LogP contribution in [-0.2, 0) is 6.54 Å². The highest BCUT2D eigenvalue weighted by Crippen LogP contribution is 2.32. The zero-order valence-electron chi connectivity index (χ0n) is 10.4. The fourth-order valence-corrected chi connectivity index (χ4v) is 2.91. The Labute approximate surface area is 117 Å². The molecule has 1 aromatic carbocycles. The van der Waals surface area contributed by atoms with Crippen LogP contribution in [0.15, 0.2) is 12.1 Å². The number of phenols is 1. The van der Waals surface area contributed by atoms with Crippen molar-refractivity contribution in [2.75, 3.05) is 13.1 Å². The molecule has 3 N–H and O–H groups in total. The lowest BCUT2D eigenvalue weighted by Gasteiger charge is -2.35. The van der Waals surface area contributed by atoms with Crippen molar-refractivity contribution in [1.29, 1.82) is 0 Å². The predicted octanol–water partition coefficient (Wildman–Crippen LogP) is 2.87. The molecule has 3 nitrogen and oxygen atoms in total. The maximum Gasteiger partial charge on any atom is 0.138 e. The van der Waals surface area contributed by atoms with Gasteiger partial charge in [-0.05, 0) is 31.0 Å². The molecule has 0 saturated carbocycles. The molecule has 2 unspecified atom stereocenters. The van der Waals surface area contributed by atoms with Crippen LogP contribution in [0, 0.1) is 5.92 Å². The van der Waals surface area contributed by atoms with Gasteiger partial charge in [-0.25, -0.2) is 0 Å². The Balaban J connectivity index is 2.10. The minimum Gasteiger partial charge on any atom is -0.506 e. The summed E-state index contributed by atoms with van der Waals surface area (Å²) in [5.74, 6) is 0.596. The number of hydrogen-bond acceptors (Lipinski definition) is 3. The van der Waals surface area contributed by atoms with Gasteiger partial charge in [0.15, 0.2) is 0 Å². The van der Waals surface area contributed by atoms with Crippen molar-refractivity contribution in [1.82, 2.24) is 4.90 Å². The maximum atomic E-state index is 9.93. The highest BCUT2D eigenvalue weighted by molar-refractivity contribution is 6.35. The van der Waals surface area contributed by atoms with E-state index in [1.165, 1.54) is 0 Å². The molecule has 100 valence electrons. The van der Waals surface area contributed by atoms with Gasteiger partial charge in [0.25, 0.3) is 0 Å². The summed E-state index contributed by atoms with van der Waals surface area (Å²) in [6, 6.07) is 3.59. The molecule has 0 radical (unpaired) electrons. The lowest BCUT2D eigenvalue weighted by Crippen LogP contribution is -2.45. The number of nitrogens with zero attached hydrogens (tertiary/aromatic N) is 1. The van der Waals surface area contributed by atoms with Gasteiger partial charge >= 0.3 is 0 Å². The standard InChI is InChI=1S/C13H18Cl2N2O/c1-8-6-17(3-2-12(8)16)7-9-4-10(14)5-11(15)13(9)18/h4-5,8,12,18H,2-3,6-7,16H2,1H3. The SMILES string of the molecule is CC1CN(Cc2cc(Cl)cc(Cl)c2O)CCC1N. The van der Waals surface area contributed by atoms with E-state index in [0.29, 0.717) is 22.5 Å². The van der Waals surface area contributed by atoms with Crippen LogP contribution < -0.4 is 5.73 Å². The van der Waals surface area contributed by atoms with Crippen molar-refractivity contribution in [2.24, 2.45) is 11.7 Å². The molecule has 0 aromatic heterocycles. The molecule has 1 heterocycles. The number of rotatable bonds is 2. The summed E-state index contributed by atoms with van der Waals surface area (Å²) in [5, 5.41) is 10.8. The van der Waals surface area contributed by atoms with Gasteiger partial charge in [0.1, 0.15) is 5.75 Å². The highest BCUT2D eigenvalue weighted by atomic mass is 35.5. The van der Waals surface area contributed by atoms with Crippen LogP contribution in [0.1, 0.15) is 18.9 Å². The van der Waals surface area contributed by atoms with Crippen LogP contribution in [0.25, 0.3) is 0 Å². The molecule has 2 atom stereocenters. The third kappa shape index (κ3) is 3.09. The summed E-state index contributed by atoms with van der Waals surface area (Å²) in [6.07, 6.45) is 0.982. The first-order chi connectivity index (χ1) is 8.47. The van der Waals surface area contributed by atoms with E-state index in [4.69, 9.17) is 28.9 Å². The van der Waals surface area contributed by atoms with Gasteiger partial charge in [-0.15, -0.1) is 0 Å². The summed E-state index contributed by atoms with van der Waals surface area (Å²) >= 11 is 11.9. The first-order valence-corrected chi connectivity index (χ1v) is 6.87. The van der Waals surface area contributed by atoms with E-state index in [0.717, 1.165) is 25.1 Å². The van der Waals surface area contributed by atoms with Crippen LogP contribution in [0.3, 0.4) is 0 Å². The van der Waals surface area contributed by atoms with Crippen LogP contribution in [0.5, 0.6) is 5.75 Å². The minimum absolute atomic E-state index is 0.128. The Hall–Kier alpha value is -0.480. The molecular weight excluding hydrogens is 271 g/mol. The lowest BCUT2D eigenvalue weighted by atomic mass is 9.94. The van der Waals surface area contributed by atoms with E-state index in [-0.39, 0.29) is 11.8 Å². The van der Waals surface area contributed by atoms with Crippen molar-refractivity contribution in [2.45, 2.75) is 25.9 Å². The second kappa shape index (κ2) is 5.66. The van der Waals surface area contributed by atoms with Crippen molar-refractivity contribution in [3.05, 3.63) is 27.7 Å². The van der Waals surface area contributed by atoms with E-state index < -0.39 is 0 Å². The molecule has 0 bridgehead atoms. The van der Waals surface area contributed by atoms with Gasteiger partial charge in [0.05, 0.1) is 5.02 Å². The summed E-state index contributed by atoms with van der Waals surface area (Å²) in [5.41, 5.74) is 6.77. The molecule has 1 saturated heterocycles. The number of hydrogen-bond donors (Lipinski definition) is 2. The fraction of sp³-hybridized carbons (Fsp3) is 0.538. The average Bonchev–Trinajstić information content (AvgIpc) is 2.30. The molecule has 1 aromatic rings. The van der Waals surface area contributed by atoms with Crippen molar-refractivity contribution in [3.8, 4) is 5.75 Å². The van der Waals surface area contributed by atoms with E-state index in [1.54, 1.807) is 12.1 Å². The molecule has 0 aliphatic carbocycles. The number of benzene rings is 1. The smallest absolute Gasteiger partial charge is 0.138 e. The molecule has 2 rings (SSSR count). The Kier molecular flexibility index (Phi) is 4.38. The number of likely N-dealkylation sites (tertiary alicyclic amines) is 1. The summed E-state index contributed by atoms with van der Waals surface area (Å²) in [7, 11) is 0. The average molecular weight is 289 g/mol. The second-order valence-corrected chi connectivity index (χ2v) is 5.90. The van der Waals surface area contributed by atoms with Gasteiger partial charge in [-0.1, -0.05) is 30.1 Å². The number of nitrogens with two attached hydrogens (primary N) is 1. The molecule has 18 heavy (non-hydrogen) atoms. The van der Waals surface area contributed by atoms with Crippen LogP contribution in [0.4, 0.5) is 0 Å². The molecular formula is C13H18Cl2N2O. The van der Waals surface area contributed by atoms with Crippen molar-refractivity contribution in [3.63, 3.8) is 0 Å². The highest BCUT2D eigenvalue weighted by Gasteiger charge is 2.23. The number of phenolic OH excluding ortho intramolecular Hbond substituents is 1. The molecule has 0 spiro atoms. The molecule has 5 heteroatoms. The molecule has 1 fully saturated rings. The Morgan fingerprint density at radius 2 is 2.17 bits per heavy atom. The van der Waals surface area contributed by atoms with Gasteiger partial charge in [-0.3, -0.25) is 4.90 Å². The zero-order valence-corrected chi connectivity index (χ0v) is 11.9. The summed E-state index contributed by atoms with van der Waals surface area (Å²) in [4.78, 5) is 2.27. The van der Waals surface area contributed by atoms with Crippen LogP contribution in [-0.4, -0.2) is 29.1 Å². The fourth-order valence-electron chi connectivity index (χ4n) is 2.37. The monoisotopic (exact) mass is 288 g/mol. The van der Waals surface area contributed by atoms with E-state index in [1.807, 2.05) is 0 Å². The van der Waals surface area contributed by atoms with Crippen molar-refractivity contribution < 1.29 is 5.11 Å². The predicted molar refractivity (Wildman–Crippen MR) is 75.2 cm³/mol. The third-order valence-corrected chi connectivity index (χ3v) is 4.06. The Morgan fingerprint density at radius 3 is 2.83 bits per heavy atom.